The largest absolute Gasteiger partial charge is 0.536 e. The smallest absolute Gasteiger partial charge is 0.386 e. The highest BCUT2D eigenvalue weighted by atomic mass is 28.4. The Bertz CT molecular complexity index is 328. The maximum absolute atomic E-state index is 13.2. The molecule has 0 unspecified atom stereocenters. The summed E-state index contributed by atoms with van der Waals surface area (Å²) in [6, 6.07) is 2.82. The van der Waals surface area contributed by atoms with Crippen molar-refractivity contribution >= 4 is 14.0 Å². The zero-order valence-electron chi connectivity index (χ0n) is 7.75. The summed E-state index contributed by atoms with van der Waals surface area (Å²) in [6.07, 6.45) is 0. The van der Waals surface area contributed by atoms with Crippen LogP contribution in [0.1, 0.15) is 0 Å². The predicted octanol–water partition coefficient (Wildman–Crippen LogP) is 0.396. The zero-order chi connectivity index (χ0) is 10.8. The molecule has 1 aromatic rings. The second kappa shape index (κ2) is 4.14. The summed E-state index contributed by atoms with van der Waals surface area (Å²) in [5.74, 6) is -1.59. The lowest BCUT2D eigenvalue weighted by Crippen LogP contribution is -2.54. The van der Waals surface area contributed by atoms with Crippen LogP contribution >= 0.6 is 0 Å². The number of rotatable bonds is 3. The molecule has 0 aliphatic carbocycles. The second-order valence-electron chi connectivity index (χ2n) is 2.61. The first-order valence-corrected chi connectivity index (χ1v) is 5.58. The van der Waals surface area contributed by atoms with Gasteiger partial charge in [-0.3, -0.25) is 0 Å². The number of benzene rings is 1. The van der Waals surface area contributed by atoms with Crippen LogP contribution in [0.15, 0.2) is 18.2 Å². The maximum atomic E-state index is 13.2. The summed E-state index contributed by atoms with van der Waals surface area (Å²) in [5.41, 5.74) is 0. The van der Waals surface area contributed by atoms with Crippen molar-refractivity contribution in [1.29, 1.82) is 0 Å². The van der Waals surface area contributed by atoms with Crippen LogP contribution in [0, 0.1) is 11.6 Å². The van der Waals surface area contributed by atoms with Crippen LogP contribution in [-0.2, 0) is 8.85 Å². The quantitative estimate of drug-likeness (QED) is 0.749. The lowest BCUT2D eigenvalue weighted by molar-refractivity contribution is 0.168. The van der Waals surface area contributed by atoms with E-state index in [9.17, 15) is 13.6 Å². The first-order valence-electron chi connectivity index (χ1n) is 3.81. The first-order chi connectivity index (χ1) is 6.53. The van der Waals surface area contributed by atoms with Gasteiger partial charge in [-0.25, -0.2) is 8.78 Å². The maximum Gasteiger partial charge on any atom is 0.536 e. The van der Waals surface area contributed by atoms with Gasteiger partial charge < -0.3 is 13.6 Å². The van der Waals surface area contributed by atoms with Crippen LogP contribution in [-0.4, -0.2) is 27.8 Å². The highest BCUT2D eigenvalue weighted by Gasteiger charge is 2.40. The van der Waals surface area contributed by atoms with Crippen LogP contribution < -0.4 is 5.19 Å². The minimum absolute atomic E-state index is 0.135. The molecule has 0 bridgehead atoms. The third-order valence-electron chi connectivity index (χ3n) is 1.82. The predicted molar refractivity (Wildman–Crippen MR) is 48.0 cm³/mol. The van der Waals surface area contributed by atoms with Gasteiger partial charge in [0.15, 0.2) is 0 Å². The van der Waals surface area contributed by atoms with Crippen LogP contribution in [0.5, 0.6) is 0 Å². The first kappa shape index (κ1) is 11.3. The van der Waals surface area contributed by atoms with Crippen molar-refractivity contribution in [1.82, 2.24) is 0 Å². The summed E-state index contributed by atoms with van der Waals surface area (Å²) in [4.78, 5) is 9.70. The highest BCUT2D eigenvalue weighted by molar-refractivity contribution is 6.74. The van der Waals surface area contributed by atoms with Gasteiger partial charge in [0.05, 0.1) is 5.19 Å². The lowest BCUT2D eigenvalue weighted by atomic mass is 10.3. The van der Waals surface area contributed by atoms with Gasteiger partial charge in [0.2, 0.25) is 0 Å². The van der Waals surface area contributed by atoms with Crippen molar-refractivity contribution in [2.75, 3.05) is 14.2 Å². The van der Waals surface area contributed by atoms with Crippen molar-refractivity contribution < 1.29 is 22.4 Å². The molecule has 78 valence electrons. The monoisotopic (exact) mass is 220 g/mol. The van der Waals surface area contributed by atoms with E-state index >= 15 is 0 Å². The summed E-state index contributed by atoms with van der Waals surface area (Å²) >= 11 is 0. The van der Waals surface area contributed by atoms with E-state index in [0.717, 1.165) is 12.1 Å². The summed E-state index contributed by atoms with van der Waals surface area (Å²) in [5, 5.41) is -0.135. The summed E-state index contributed by atoms with van der Waals surface area (Å²) in [6.45, 7) is 0. The van der Waals surface area contributed by atoms with Gasteiger partial charge in [-0.1, -0.05) is 0 Å². The van der Waals surface area contributed by atoms with Gasteiger partial charge in [0.25, 0.3) is 0 Å². The molecule has 0 heterocycles. The summed E-state index contributed by atoms with van der Waals surface area (Å²) < 4.78 is 35.2. The Morgan fingerprint density at radius 2 is 1.79 bits per heavy atom. The van der Waals surface area contributed by atoms with Crippen molar-refractivity contribution in [3.8, 4) is 0 Å². The molecule has 0 aromatic heterocycles. The van der Waals surface area contributed by atoms with Gasteiger partial charge in [0, 0.05) is 20.3 Å². The van der Waals surface area contributed by atoms with Gasteiger partial charge in [-0.15, -0.1) is 0 Å². The molecule has 0 amide bonds. The molecule has 3 nitrogen and oxygen atoms in total. The topological polar surface area (TPSA) is 38.7 Å². The second-order valence-corrected chi connectivity index (χ2v) is 5.13. The fourth-order valence-corrected chi connectivity index (χ4v) is 2.32. The Balaban J connectivity index is 3.17. The number of hydrogen-bond acceptors (Lipinski definition) is 3. The highest BCUT2D eigenvalue weighted by Crippen LogP contribution is 2.07. The molecule has 0 radical (unpaired) electrons. The third-order valence-corrected chi connectivity index (χ3v) is 4.02. The van der Waals surface area contributed by atoms with E-state index in [2.05, 4.69) is 0 Å². The van der Waals surface area contributed by atoms with Gasteiger partial charge in [-0.05, 0) is 12.1 Å². The molecule has 1 rings (SSSR count). The lowest BCUT2D eigenvalue weighted by Gasteiger charge is -2.20. The molecule has 0 atom stereocenters. The average Bonchev–Trinajstić information content (AvgIpc) is 2.17. The van der Waals surface area contributed by atoms with E-state index in [1.165, 1.54) is 14.2 Å². The number of hydrogen-bond donors (Lipinski definition) is 1. The Morgan fingerprint density at radius 3 is 2.21 bits per heavy atom. The fraction of sp³-hybridized carbons (Fsp3) is 0.250. The molecule has 0 saturated heterocycles. The SMILES string of the molecule is CO[Si](O)(OC)c1ccc(F)cc1F. The van der Waals surface area contributed by atoms with Crippen LogP contribution in [0.25, 0.3) is 0 Å². The molecule has 1 aromatic carbocycles. The molecular weight excluding hydrogens is 210 g/mol. The Morgan fingerprint density at radius 1 is 1.21 bits per heavy atom. The molecule has 0 saturated carbocycles. The zero-order valence-corrected chi connectivity index (χ0v) is 8.75. The Hall–Kier alpha value is -0.823. The van der Waals surface area contributed by atoms with Crippen molar-refractivity contribution in [2.45, 2.75) is 0 Å². The third kappa shape index (κ3) is 1.98. The Labute approximate surface area is 81.3 Å². The van der Waals surface area contributed by atoms with Crippen molar-refractivity contribution in [2.24, 2.45) is 0 Å². The van der Waals surface area contributed by atoms with Crippen LogP contribution in [0.4, 0.5) is 8.78 Å². The fourth-order valence-electron chi connectivity index (χ4n) is 1.05. The Kier molecular flexibility index (Phi) is 3.32. The van der Waals surface area contributed by atoms with Crippen LogP contribution in [0.2, 0.25) is 0 Å². The molecular formula is C8H10F2O3Si. The molecule has 0 fully saturated rings. The normalized spacial score (nSPS) is 11.8. The van der Waals surface area contributed by atoms with Gasteiger partial charge in [0.1, 0.15) is 11.6 Å². The van der Waals surface area contributed by atoms with Crippen molar-refractivity contribution in [3.05, 3.63) is 29.8 Å². The molecule has 14 heavy (non-hydrogen) atoms. The van der Waals surface area contributed by atoms with Crippen molar-refractivity contribution in [3.63, 3.8) is 0 Å². The standard InChI is InChI=1S/C8H10F2O3Si/c1-12-14(11,13-2)8-4-3-6(9)5-7(8)10/h3-5,11H,1-2H3. The molecule has 6 heteroatoms. The van der Waals surface area contributed by atoms with Crippen LogP contribution in [0.3, 0.4) is 0 Å². The molecule has 0 aliphatic rings. The average molecular weight is 220 g/mol. The van der Waals surface area contributed by atoms with Gasteiger partial charge >= 0.3 is 8.80 Å². The van der Waals surface area contributed by atoms with E-state index < -0.39 is 20.4 Å². The molecule has 1 N–H and O–H groups in total. The van der Waals surface area contributed by atoms with E-state index in [1.54, 1.807) is 0 Å². The molecule has 0 spiro atoms. The minimum atomic E-state index is -3.68. The van der Waals surface area contributed by atoms with E-state index in [0.29, 0.717) is 6.07 Å². The number of halogens is 2. The minimum Gasteiger partial charge on any atom is -0.386 e. The van der Waals surface area contributed by atoms with E-state index in [-0.39, 0.29) is 5.19 Å². The van der Waals surface area contributed by atoms with E-state index in [1.807, 2.05) is 0 Å². The summed E-state index contributed by atoms with van der Waals surface area (Å²) in [7, 11) is -1.27. The molecule has 0 aliphatic heterocycles. The van der Waals surface area contributed by atoms with Gasteiger partial charge in [-0.2, -0.15) is 0 Å². The van der Waals surface area contributed by atoms with E-state index in [4.69, 9.17) is 8.85 Å².